The van der Waals surface area contributed by atoms with Crippen LogP contribution in [0, 0.1) is 0 Å². The van der Waals surface area contributed by atoms with Crippen LogP contribution in [0.3, 0.4) is 0 Å². The molecule has 1 aliphatic rings. The van der Waals surface area contributed by atoms with Gasteiger partial charge in [0.2, 0.25) is 0 Å². The first kappa shape index (κ1) is 30.1. The Morgan fingerprint density at radius 3 is 1.69 bits per heavy atom. The molecular formula is C48H33N3O. The van der Waals surface area contributed by atoms with Crippen LogP contribution in [0.4, 0.5) is 5.69 Å². The maximum absolute atomic E-state index is 6.30. The predicted octanol–water partition coefficient (Wildman–Crippen LogP) is 12.2. The van der Waals surface area contributed by atoms with E-state index in [4.69, 9.17) is 4.42 Å². The van der Waals surface area contributed by atoms with E-state index in [1.807, 2.05) is 43.0 Å². The Morgan fingerprint density at radius 1 is 0.423 bits per heavy atom. The van der Waals surface area contributed by atoms with Crippen molar-refractivity contribution in [1.82, 2.24) is 9.97 Å². The van der Waals surface area contributed by atoms with Crippen LogP contribution in [0.1, 0.15) is 11.1 Å². The van der Waals surface area contributed by atoms with Gasteiger partial charge in [0.15, 0.2) is 0 Å². The number of anilines is 1. The van der Waals surface area contributed by atoms with Crippen LogP contribution in [0.5, 0.6) is 0 Å². The zero-order chi connectivity index (χ0) is 34.4. The number of para-hydroxylation sites is 2. The summed E-state index contributed by atoms with van der Waals surface area (Å²) in [6.07, 6.45) is 7.51. The monoisotopic (exact) mass is 667 g/mol. The van der Waals surface area contributed by atoms with Gasteiger partial charge < -0.3 is 9.32 Å². The van der Waals surface area contributed by atoms with E-state index >= 15 is 0 Å². The van der Waals surface area contributed by atoms with Gasteiger partial charge in [0, 0.05) is 65.5 Å². The van der Waals surface area contributed by atoms with Gasteiger partial charge in [0.25, 0.3) is 0 Å². The largest absolute Gasteiger partial charge is 0.456 e. The number of furan rings is 1. The van der Waals surface area contributed by atoms with Gasteiger partial charge >= 0.3 is 0 Å². The molecule has 246 valence electrons. The second-order valence-corrected chi connectivity index (χ2v) is 13.5. The first-order valence-electron chi connectivity index (χ1n) is 17.7. The highest BCUT2D eigenvalue weighted by molar-refractivity contribution is 6.12. The van der Waals surface area contributed by atoms with Crippen molar-refractivity contribution in [1.29, 1.82) is 0 Å². The molecule has 0 spiro atoms. The van der Waals surface area contributed by atoms with Crippen molar-refractivity contribution in [3.05, 3.63) is 188 Å². The van der Waals surface area contributed by atoms with E-state index in [0.29, 0.717) is 0 Å². The van der Waals surface area contributed by atoms with Gasteiger partial charge in [-0.15, -0.1) is 0 Å². The summed E-state index contributed by atoms with van der Waals surface area (Å²) in [5.74, 6) is 0. The van der Waals surface area contributed by atoms with Crippen molar-refractivity contribution in [3.8, 4) is 55.6 Å². The van der Waals surface area contributed by atoms with E-state index in [-0.39, 0.29) is 0 Å². The fraction of sp³-hybridized carbons (Fsp3) is 0.0417. The molecule has 10 rings (SSSR count). The molecule has 0 fully saturated rings. The van der Waals surface area contributed by atoms with E-state index < -0.39 is 0 Å². The molecule has 0 saturated heterocycles. The minimum absolute atomic E-state index is 0.808. The van der Waals surface area contributed by atoms with Crippen molar-refractivity contribution in [3.63, 3.8) is 0 Å². The first-order chi connectivity index (χ1) is 25.7. The second-order valence-electron chi connectivity index (χ2n) is 13.5. The van der Waals surface area contributed by atoms with Crippen LogP contribution in [0.15, 0.2) is 181 Å². The Balaban J connectivity index is 1.17. The van der Waals surface area contributed by atoms with Crippen molar-refractivity contribution in [2.75, 3.05) is 4.90 Å². The van der Waals surface area contributed by atoms with Crippen LogP contribution >= 0.6 is 0 Å². The van der Waals surface area contributed by atoms with Crippen molar-refractivity contribution >= 4 is 27.6 Å². The van der Waals surface area contributed by atoms with Crippen LogP contribution in [-0.2, 0) is 13.1 Å². The van der Waals surface area contributed by atoms with Gasteiger partial charge in [0.1, 0.15) is 11.2 Å². The lowest BCUT2D eigenvalue weighted by molar-refractivity contribution is 0.669. The normalized spacial score (nSPS) is 12.4. The SMILES string of the molecule is c1ccc(N2Cc3ccc(-c4cc(-c5cccnc5)cc(-c5cccnc5)c4)cc3-c3cc(-c4cccc5oc6ccccc6c45)ccc3C2)cc1. The zero-order valence-corrected chi connectivity index (χ0v) is 28.4. The van der Waals surface area contributed by atoms with Gasteiger partial charge in [-0.2, -0.15) is 0 Å². The van der Waals surface area contributed by atoms with Crippen LogP contribution in [-0.4, -0.2) is 9.97 Å². The molecule has 3 aromatic heterocycles. The number of nitrogens with zero attached hydrogens (tertiary/aromatic N) is 3. The summed E-state index contributed by atoms with van der Waals surface area (Å²) in [4.78, 5) is 11.4. The number of rotatable bonds is 5. The summed E-state index contributed by atoms with van der Waals surface area (Å²) in [6.45, 7) is 1.62. The number of pyridine rings is 2. The van der Waals surface area contributed by atoms with Crippen LogP contribution < -0.4 is 4.90 Å². The minimum atomic E-state index is 0.808. The Hall–Kier alpha value is -6.78. The summed E-state index contributed by atoms with van der Waals surface area (Å²) in [5, 5.41) is 2.29. The number of fused-ring (bicyclic) bond motifs is 6. The highest BCUT2D eigenvalue weighted by atomic mass is 16.3. The third-order valence-corrected chi connectivity index (χ3v) is 10.3. The summed E-state index contributed by atoms with van der Waals surface area (Å²) in [5.41, 5.74) is 17.2. The van der Waals surface area contributed by atoms with Crippen molar-refractivity contribution in [2.24, 2.45) is 0 Å². The van der Waals surface area contributed by atoms with Crippen molar-refractivity contribution < 1.29 is 4.42 Å². The van der Waals surface area contributed by atoms with Crippen molar-refractivity contribution in [2.45, 2.75) is 13.1 Å². The molecule has 0 N–H and O–H groups in total. The average molecular weight is 668 g/mol. The molecule has 0 aliphatic carbocycles. The van der Waals surface area contributed by atoms with E-state index in [2.05, 4.69) is 148 Å². The van der Waals surface area contributed by atoms with E-state index in [0.717, 1.165) is 62.8 Å². The zero-order valence-electron chi connectivity index (χ0n) is 28.4. The van der Waals surface area contributed by atoms with Gasteiger partial charge in [-0.25, -0.2) is 0 Å². The summed E-state index contributed by atoms with van der Waals surface area (Å²) in [6, 6.07) is 54.5. The molecular weight excluding hydrogens is 635 g/mol. The number of hydrogen-bond donors (Lipinski definition) is 0. The summed E-state index contributed by atoms with van der Waals surface area (Å²) in [7, 11) is 0. The van der Waals surface area contributed by atoms with Gasteiger partial charge in [0.05, 0.1) is 0 Å². The van der Waals surface area contributed by atoms with E-state index in [9.17, 15) is 0 Å². The topological polar surface area (TPSA) is 42.2 Å². The Morgan fingerprint density at radius 2 is 1.02 bits per heavy atom. The molecule has 4 nitrogen and oxygen atoms in total. The molecule has 6 aromatic carbocycles. The fourth-order valence-electron chi connectivity index (χ4n) is 7.78. The smallest absolute Gasteiger partial charge is 0.136 e. The average Bonchev–Trinajstić information content (AvgIpc) is 3.52. The molecule has 4 heteroatoms. The third-order valence-electron chi connectivity index (χ3n) is 10.3. The lowest BCUT2D eigenvalue weighted by atomic mass is 9.88. The molecule has 0 unspecified atom stereocenters. The molecule has 9 aromatic rings. The van der Waals surface area contributed by atoms with Crippen LogP contribution in [0.25, 0.3) is 77.6 Å². The number of benzene rings is 6. The highest BCUT2D eigenvalue weighted by Gasteiger charge is 2.22. The lowest BCUT2D eigenvalue weighted by Crippen LogP contribution is -2.20. The Kier molecular flexibility index (Phi) is 7.24. The highest BCUT2D eigenvalue weighted by Crippen LogP contribution is 2.43. The van der Waals surface area contributed by atoms with Crippen LogP contribution in [0.2, 0.25) is 0 Å². The van der Waals surface area contributed by atoms with Gasteiger partial charge in [-0.1, -0.05) is 84.9 Å². The fourth-order valence-corrected chi connectivity index (χ4v) is 7.78. The Bertz CT molecular complexity index is 2680. The lowest BCUT2D eigenvalue weighted by Gasteiger charge is -2.24. The standard InChI is InChI=1S/C48H33N3O/c1-2-11-41(12-3-1)51-30-36-19-17-32(38-23-39(34-9-7-21-49-28-34)25-40(24-38)35-10-8-22-50-29-35)26-44(36)45-27-33(18-20-37(45)31-51)42-14-6-16-47-48(42)43-13-4-5-15-46(43)52-47/h1-29H,30-31H2. The van der Waals surface area contributed by atoms with E-state index in [1.165, 1.54) is 44.6 Å². The molecule has 0 atom stereocenters. The quantitative estimate of drug-likeness (QED) is 0.183. The van der Waals surface area contributed by atoms with Gasteiger partial charge in [-0.05, 0) is 122 Å². The Labute approximate surface area is 302 Å². The first-order valence-corrected chi connectivity index (χ1v) is 17.7. The summed E-state index contributed by atoms with van der Waals surface area (Å²) >= 11 is 0. The number of aromatic nitrogens is 2. The second kappa shape index (κ2) is 12.5. The molecule has 0 radical (unpaired) electrons. The molecule has 1 aliphatic heterocycles. The molecule has 4 heterocycles. The predicted molar refractivity (Wildman–Crippen MR) is 213 cm³/mol. The maximum atomic E-state index is 6.30. The minimum Gasteiger partial charge on any atom is -0.456 e. The molecule has 0 amide bonds. The van der Waals surface area contributed by atoms with Gasteiger partial charge in [-0.3, -0.25) is 9.97 Å². The number of hydrogen-bond acceptors (Lipinski definition) is 4. The molecule has 0 saturated carbocycles. The molecule has 52 heavy (non-hydrogen) atoms. The third kappa shape index (κ3) is 5.33. The maximum Gasteiger partial charge on any atom is 0.136 e. The summed E-state index contributed by atoms with van der Waals surface area (Å²) < 4.78 is 6.30. The van der Waals surface area contributed by atoms with E-state index in [1.54, 1.807) is 0 Å². The molecule has 0 bridgehead atoms.